The molecule has 0 aliphatic heterocycles. The van der Waals surface area contributed by atoms with E-state index in [-0.39, 0.29) is 11.9 Å². The zero-order chi connectivity index (χ0) is 13.8. The minimum atomic E-state index is -0.325. The fourth-order valence-corrected chi connectivity index (χ4v) is 1.89. The number of hydrogen-bond donors (Lipinski definition) is 1. The van der Waals surface area contributed by atoms with Crippen LogP contribution in [0.2, 0.25) is 0 Å². The summed E-state index contributed by atoms with van der Waals surface area (Å²) in [5.41, 5.74) is 2.01. The van der Waals surface area contributed by atoms with Gasteiger partial charge in [0.05, 0.1) is 30.2 Å². The number of halogens is 1. The summed E-state index contributed by atoms with van der Waals surface area (Å²) >= 11 is 0. The normalized spacial score (nSPS) is 12.0. The van der Waals surface area contributed by atoms with Crippen molar-refractivity contribution in [3.8, 4) is 5.75 Å². The molecule has 100 valence electrons. The molecule has 1 unspecified atom stereocenters. The summed E-state index contributed by atoms with van der Waals surface area (Å²) < 4.78 is 18.8. The first-order valence-electron chi connectivity index (χ1n) is 5.99. The quantitative estimate of drug-likeness (QED) is 0.918. The first-order chi connectivity index (χ1) is 9.11. The van der Waals surface area contributed by atoms with E-state index in [4.69, 9.17) is 4.74 Å². The van der Waals surface area contributed by atoms with E-state index in [0.717, 1.165) is 11.4 Å². The second-order valence-corrected chi connectivity index (χ2v) is 4.24. The van der Waals surface area contributed by atoms with Crippen molar-refractivity contribution in [3.63, 3.8) is 0 Å². The second-order valence-electron chi connectivity index (χ2n) is 4.24. The Hall–Kier alpha value is -2.17. The number of hydrogen-bond acceptors (Lipinski definition) is 4. The van der Waals surface area contributed by atoms with Crippen molar-refractivity contribution in [1.82, 2.24) is 9.97 Å². The predicted octanol–water partition coefficient (Wildman–Crippen LogP) is 3.11. The summed E-state index contributed by atoms with van der Waals surface area (Å²) in [6.45, 7) is 3.79. The Morgan fingerprint density at radius 2 is 2.00 bits per heavy atom. The van der Waals surface area contributed by atoms with Crippen LogP contribution >= 0.6 is 0 Å². The topological polar surface area (TPSA) is 47.0 Å². The molecule has 1 aromatic heterocycles. The summed E-state index contributed by atoms with van der Waals surface area (Å²) in [5.74, 6) is 0.279. The first kappa shape index (κ1) is 13.3. The molecule has 0 aliphatic rings. The van der Waals surface area contributed by atoms with Crippen LogP contribution in [-0.2, 0) is 0 Å². The van der Waals surface area contributed by atoms with E-state index in [1.807, 2.05) is 13.8 Å². The van der Waals surface area contributed by atoms with Crippen LogP contribution in [0.4, 0.5) is 10.1 Å². The Morgan fingerprint density at radius 1 is 1.26 bits per heavy atom. The number of ether oxygens (including phenoxy) is 1. The lowest BCUT2D eigenvalue weighted by Gasteiger charge is -2.17. The molecule has 0 aliphatic carbocycles. The molecule has 2 rings (SSSR count). The summed E-state index contributed by atoms with van der Waals surface area (Å²) in [6.07, 6.45) is 3.26. The van der Waals surface area contributed by atoms with Crippen LogP contribution in [0.15, 0.2) is 30.6 Å². The Morgan fingerprint density at radius 3 is 2.68 bits per heavy atom. The van der Waals surface area contributed by atoms with Gasteiger partial charge in [-0.3, -0.25) is 9.97 Å². The second kappa shape index (κ2) is 5.65. The molecule has 5 heteroatoms. The van der Waals surface area contributed by atoms with Crippen LogP contribution in [0.1, 0.15) is 24.4 Å². The van der Waals surface area contributed by atoms with Crippen LogP contribution in [0.25, 0.3) is 0 Å². The number of rotatable bonds is 4. The lowest BCUT2D eigenvalue weighted by molar-refractivity contribution is 0.414. The molecule has 1 aromatic carbocycles. The van der Waals surface area contributed by atoms with Crippen molar-refractivity contribution in [3.05, 3.63) is 47.8 Å². The number of aryl methyl sites for hydroxylation is 1. The van der Waals surface area contributed by atoms with Crippen molar-refractivity contribution >= 4 is 5.69 Å². The molecular formula is C14H16FN3O. The highest BCUT2D eigenvalue weighted by atomic mass is 19.1. The van der Waals surface area contributed by atoms with Gasteiger partial charge in [0.2, 0.25) is 0 Å². The Balaban J connectivity index is 2.24. The number of nitrogens with zero attached hydrogens (tertiary/aromatic N) is 2. The third-order valence-electron chi connectivity index (χ3n) is 2.87. The zero-order valence-corrected chi connectivity index (χ0v) is 11.1. The minimum Gasteiger partial charge on any atom is -0.497 e. The molecule has 0 amide bonds. The fraction of sp³-hybridized carbons (Fsp3) is 0.286. The molecule has 19 heavy (non-hydrogen) atoms. The van der Waals surface area contributed by atoms with E-state index in [1.54, 1.807) is 31.6 Å². The molecular weight excluding hydrogens is 245 g/mol. The minimum absolute atomic E-state index is 0.143. The maximum absolute atomic E-state index is 13.7. The van der Waals surface area contributed by atoms with Gasteiger partial charge >= 0.3 is 0 Å². The first-order valence-corrected chi connectivity index (χ1v) is 5.99. The zero-order valence-electron chi connectivity index (χ0n) is 11.1. The number of methoxy groups -OCH3 is 1. The largest absolute Gasteiger partial charge is 0.497 e. The average molecular weight is 261 g/mol. The van der Waals surface area contributed by atoms with Crippen LogP contribution in [0.5, 0.6) is 5.75 Å². The Kier molecular flexibility index (Phi) is 3.94. The van der Waals surface area contributed by atoms with Gasteiger partial charge in [0.25, 0.3) is 0 Å². The lowest BCUT2D eigenvalue weighted by Crippen LogP contribution is -2.12. The molecule has 4 nitrogen and oxygen atoms in total. The molecule has 0 saturated carbocycles. The maximum atomic E-state index is 13.7. The van der Waals surface area contributed by atoms with E-state index < -0.39 is 0 Å². The fourth-order valence-electron chi connectivity index (χ4n) is 1.89. The lowest BCUT2D eigenvalue weighted by atomic mass is 10.1. The van der Waals surface area contributed by atoms with Gasteiger partial charge in [-0.2, -0.15) is 0 Å². The summed E-state index contributed by atoms with van der Waals surface area (Å²) in [4.78, 5) is 8.44. The van der Waals surface area contributed by atoms with E-state index in [9.17, 15) is 4.39 Å². The van der Waals surface area contributed by atoms with Crippen molar-refractivity contribution in [1.29, 1.82) is 0 Å². The van der Waals surface area contributed by atoms with Crippen molar-refractivity contribution in [2.45, 2.75) is 19.9 Å². The highest BCUT2D eigenvalue weighted by Crippen LogP contribution is 2.25. The highest BCUT2D eigenvalue weighted by Gasteiger charge is 2.13. The summed E-state index contributed by atoms with van der Waals surface area (Å²) in [7, 11) is 1.55. The van der Waals surface area contributed by atoms with Crippen LogP contribution < -0.4 is 10.1 Å². The van der Waals surface area contributed by atoms with Gasteiger partial charge in [-0.25, -0.2) is 4.39 Å². The van der Waals surface area contributed by atoms with Crippen LogP contribution in [0, 0.1) is 12.7 Å². The molecule has 1 heterocycles. The predicted molar refractivity (Wildman–Crippen MR) is 71.8 cm³/mol. The number of anilines is 1. The van der Waals surface area contributed by atoms with Gasteiger partial charge in [0.15, 0.2) is 0 Å². The number of benzene rings is 1. The molecule has 0 bridgehead atoms. The van der Waals surface area contributed by atoms with E-state index in [0.29, 0.717) is 11.4 Å². The molecule has 2 aromatic rings. The third-order valence-corrected chi connectivity index (χ3v) is 2.87. The van der Waals surface area contributed by atoms with E-state index in [1.165, 1.54) is 6.07 Å². The number of nitrogens with one attached hydrogen (secondary N) is 1. The molecule has 1 atom stereocenters. The van der Waals surface area contributed by atoms with Gasteiger partial charge in [-0.05, 0) is 26.0 Å². The standard InChI is InChI=1S/C14H16FN3O/c1-9-14(17-7-6-16-9)10(2)18-13-8-11(19-3)4-5-12(13)15/h4-8,10,18H,1-3H3. The van der Waals surface area contributed by atoms with Gasteiger partial charge in [-0.15, -0.1) is 0 Å². The van der Waals surface area contributed by atoms with Crippen molar-refractivity contribution in [2.24, 2.45) is 0 Å². The SMILES string of the molecule is COc1ccc(F)c(NC(C)c2nccnc2C)c1. The summed E-state index contributed by atoms with van der Waals surface area (Å²) in [6, 6.07) is 4.43. The highest BCUT2D eigenvalue weighted by molar-refractivity contribution is 5.51. The van der Waals surface area contributed by atoms with E-state index >= 15 is 0 Å². The van der Waals surface area contributed by atoms with Crippen molar-refractivity contribution < 1.29 is 9.13 Å². The maximum Gasteiger partial charge on any atom is 0.146 e. The molecule has 0 spiro atoms. The average Bonchev–Trinajstić information content (AvgIpc) is 2.41. The van der Waals surface area contributed by atoms with Crippen LogP contribution in [-0.4, -0.2) is 17.1 Å². The Labute approximate surface area is 111 Å². The van der Waals surface area contributed by atoms with E-state index in [2.05, 4.69) is 15.3 Å². The Bertz CT molecular complexity index is 574. The smallest absolute Gasteiger partial charge is 0.146 e. The van der Waals surface area contributed by atoms with Crippen LogP contribution in [0.3, 0.4) is 0 Å². The summed E-state index contributed by atoms with van der Waals surface area (Å²) in [5, 5.41) is 3.08. The van der Waals surface area contributed by atoms with Gasteiger partial charge in [0.1, 0.15) is 11.6 Å². The third kappa shape index (κ3) is 2.99. The number of aromatic nitrogens is 2. The molecule has 0 fully saturated rings. The van der Waals surface area contributed by atoms with Gasteiger partial charge < -0.3 is 10.1 Å². The molecule has 0 radical (unpaired) electrons. The molecule has 1 N–H and O–H groups in total. The van der Waals surface area contributed by atoms with Gasteiger partial charge in [0, 0.05) is 18.5 Å². The van der Waals surface area contributed by atoms with Gasteiger partial charge in [-0.1, -0.05) is 0 Å². The molecule has 0 saturated heterocycles. The van der Waals surface area contributed by atoms with Crippen molar-refractivity contribution in [2.75, 3.05) is 12.4 Å². The monoisotopic (exact) mass is 261 g/mol.